The molecule has 2 aromatic carbocycles. The van der Waals surface area contributed by atoms with Gasteiger partial charge in [0.05, 0.1) is 5.60 Å². The fraction of sp³-hybridized carbons (Fsp3) is 0.520. The van der Waals surface area contributed by atoms with Gasteiger partial charge in [-0.05, 0) is 50.0 Å². The Morgan fingerprint density at radius 3 is 1.72 bits per heavy atom. The van der Waals surface area contributed by atoms with Crippen LogP contribution in [0.15, 0.2) is 60.7 Å². The van der Waals surface area contributed by atoms with Gasteiger partial charge in [0.15, 0.2) is 8.32 Å². The van der Waals surface area contributed by atoms with Crippen molar-refractivity contribution in [2.24, 2.45) is 0 Å². The summed E-state index contributed by atoms with van der Waals surface area (Å²) in [6.07, 6.45) is -0.476. The standard InChI is InChI=1S/C25H36O3Si/c1-19(27-29(7,8)23(2,3)4)26-22-24(5,6)28-25(22,20-15-11-9-12-16-20)21-17-13-10-14-18-21/h9-19,22H,1-8H3/t19-,22-/m1/s1. The Hall–Kier alpha value is -1.46. The third kappa shape index (κ3) is 4.09. The Morgan fingerprint density at radius 1 is 0.897 bits per heavy atom. The summed E-state index contributed by atoms with van der Waals surface area (Å²) in [7, 11) is -1.94. The minimum absolute atomic E-state index is 0.131. The third-order valence-electron chi connectivity index (χ3n) is 6.42. The molecular weight excluding hydrogens is 376 g/mol. The van der Waals surface area contributed by atoms with E-state index >= 15 is 0 Å². The Bertz CT molecular complexity index is 769. The van der Waals surface area contributed by atoms with Crippen LogP contribution in [-0.4, -0.2) is 26.3 Å². The lowest BCUT2D eigenvalue weighted by molar-refractivity contribution is -0.358. The van der Waals surface area contributed by atoms with Crippen LogP contribution in [0.1, 0.15) is 52.7 Å². The summed E-state index contributed by atoms with van der Waals surface area (Å²) in [5.74, 6) is 0. The number of hydrogen-bond donors (Lipinski definition) is 0. The predicted molar refractivity (Wildman–Crippen MR) is 121 cm³/mol. The lowest BCUT2D eigenvalue weighted by Gasteiger charge is -2.60. The highest BCUT2D eigenvalue weighted by molar-refractivity contribution is 6.74. The van der Waals surface area contributed by atoms with E-state index in [4.69, 9.17) is 13.9 Å². The van der Waals surface area contributed by atoms with Gasteiger partial charge in [0, 0.05) is 0 Å². The van der Waals surface area contributed by atoms with Gasteiger partial charge in [-0.25, -0.2) is 0 Å². The molecule has 0 aromatic heterocycles. The largest absolute Gasteiger partial charge is 0.392 e. The smallest absolute Gasteiger partial charge is 0.195 e. The third-order valence-corrected chi connectivity index (χ3v) is 11.0. The van der Waals surface area contributed by atoms with E-state index in [9.17, 15) is 0 Å². The van der Waals surface area contributed by atoms with Gasteiger partial charge >= 0.3 is 0 Å². The van der Waals surface area contributed by atoms with Crippen LogP contribution < -0.4 is 0 Å². The van der Waals surface area contributed by atoms with Gasteiger partial charge in [-0.1, -0.05) is 81.4 Å². The quantitative estimate of drug-likeness (QED) is 0.401. The Morgan fingerprint density at radius 2 is 1.34 bits per heavy atom. The minimum atomic E-state index is -1.94. The van der Waals surface area contributed by atoms with Crippen molar-refractivity contribution in [1.29, 1.82) is 0 Å². The van der Waals surface area contributed by atoms with Gasteiger partial charge in [0.2, 0.25) is 0 Å². The van der Waals surface area contributed by atoms with E-state index in [1.807, 2.05) is 19.1 Å². The molecule has 29 heavy (non-hydrogen) atoms. The number of ether oxygens (including phenoxy) is 2. The molecule has 3 nitrogen and oxygen atoms in total. The van der Waals surface area contributed by atoms with E-state index in [1.165, 1.54) is 0 Å². The van der Waals surface area contributed by atoms with Crippen molar-refractivity contribution >= 4 is 8.32 Å². The SMILES string of the molecule is C[C@H](O[C@@H]1C(C)(C)OC1(c1ccccc1)c1ccccc1)O[Si](C)(C)C(C)(C)C. The Balaban J connectivity index is 1.96. The van der Waals surface area contributed by atoms with Crippen LogP contribution in [0, 0.1) is 0 Å². The summed E-state index contributed by atoms with van der Waals surface area (Å²) in [6.45, 7) is 17.5. The maximum absolute atomic E-state index is 6.64. The molecule has 0 aliphatic carbocycles. The first kappa shape index (κ1) is 22.2. The summed E-state index contributed by atoms with van der Waals surface area (Å²) in [4.78, 5) is 0. The fourth-order valence-electron chi connectivity index (χ4n) is 3.98. The van der Waals surface area contributed by atoms with Crippen LogP contribution in [0.2, 0.25) is 18.1 Å². The van der Waals surface area contributed by atoms with Crippen molar-refractivity contribution in [2.45, 2.75) is 83.3 Å². The van der Waals surface area contributed by atoms with Crippen molar-refractivity contribution in [3.63, 3.8) is 0 Å². The summed E-state index contributed by atoms with van der Waals surface area (Å²) >= 11 is 0. The fourth-order valence-corrected chi connectivity index (χ4v) is 5.22. The van der Waals surface area contributed by atoms with E-state index in [2.05, 4.69) is 96.2 Å². The van der Waals surface area contributed by atoms with Crippen molar-refractivity contribution < 1.29 is 13.9 Å². The lowest BCUT2D eigenvalue weighted by Crippen LogP contribution is -2.70. The van der Waals surface area contributed by atoms with Gasteiger partial charge in [0.25, 0.3) is 0 Å². The summed E-state index contributed by atoms with van der Waals surface area (Å²) in [6, 6.07) is 20.8. The van der Waals surface area contributed by atoms with Gasteiger partial charge in [0.1, 0.15) is 18.0 Å². The van der Waals surface area contributed by atoms with Crippen LogP contribution in [0.25, 0.3) is 0 Å². The molecule has 2 aromatic rings. The summed E-state index contributed by atoms with van der Waals surface area (Å²) in [5, 5.41) is 0.131. The highest BCUT2D eigenvalue weighted by Gasteiger charge is 2.64. The zero-order valence-corrected chi connectivity index (χ0v) is 20.2. The van der Waals surface area contributed by atoms with Gasteiger partial charge in [-0.15, -0.1) is 0 Å². The zero-order chi connectivity index (χ0) is 21.5. The second-order valence-corrected chi connectivity index (χ2v) is 14.9. The lowest BCUT2D eigenvalue weighted by atomic mass is 9.69. The van der Waals surface area contributed by atoms with Gasteiger partial charge in [-0.3, -0.25) is 0 Å². The monoisotopic (exact) mass is 412 g/mol. The van der Waals surface area contributed by atoms with Crippen molar-refractivity contribution in [3.05, 3.63) is 71.8 Å². The first-order valence-electron chi connectivity index (χ1n) is 10.5. The molecular formula is C25H36O3Si. The molecule has 158 valence electrons. The number of benzene rings is 2. The van der Waals surface area contributed by atoms with Crippen LogP contribution in [0.5, 0.6) is 0 Å². The van der Waals surface area contributed by atoms with Crippen molar-refractivity contribution in [2.75, 3.05) is 0 Å². The molecule has 0 amide bonds. The Labute approximate surface area is 177 Å². The van der Waals surface area contributed by atoms with E-state index in [0.29, 0.717) is 0 Å². The van der Waals surface area contributed by atoms with E-state index in [-0.39, 0.29) is 17.4 Å². The molecule has 3 rings (SSSR count). The van der Waals surface area contributed by atoms with E-state index < -0.39 is 19.5 Å². The first-order chi connectivity index (χ1) is 13.4. The second-order valence-electron chi connectivity index (χ2n) is 10.1. The molecule has 1 saturated heterocycles. The Kier molecular flexibility index (Phi) is 5.87. The van der Waals surface area contributed by atoms with E-state index in [0.717, 1.165) is 11.1 Å². The van der Waals surface area contributed by atoms with Gasteiger partial charge in [-0.2, -0.15) is 0 Å². The molecule has 0 unspecified atom stereocenters. The molecule has 1 heterocycles. The number of rotatable bonds is 6. The highest BCUT2D eigenvalue weighted by Crippen LogP contribution is 2.54. The average Bonchev–Trinajstić information content (AvgIpc) is 2.64. The van der Waals surface area contributed by atoms with Crippen LogP contribution in [0.3, 0.4) is 0 Å². The number of hydrogen-bond acceptors (Lipinski definition) is 3. The second kappa shape index (κ2) is 7.66. The molecule has 0 N–H and O–H groups in total. The van der Waals surface area contributed by atoms with Crippen LogP contribution >= 0.6 is 0 Å². The summed E-state index contributed by atoms with van der Waals surface area (Å²) < 4.78 is 19.8. The maximum Gasteiger partial charge on any atom is 0.195 e. The zero-order valence-electron chi connectivity index (χ0n) is 19.2. The molecule has 0 radical (unpaired) electrons. The highest BCUT2D eigenvalue weighted by atomic mass is 28.4. The van der Waals surface area contributed by atoms with Gasteiger partial charge < -0.3 is 13.9 Å². The van der Waals surface area contributed by atoms with Crippen molar-refractivity contribution in [3.8, 4) is 0 Å². The molecule has 0 spiro atoms. The van der Waals surface area contributed by atoms with E-state index in [1.54, 1.807) is 0 Å². The van der Waals surface area contributed by atoms with Crippen molar-refractivity contribution in [1.82, 2.24) is 0 Å². The van der Waals surface area contributed by atoms with Crippen LogP contribution in [-0.2, 0) is 19.5 Å². The molecule has 1 aliphatic rings. The normalized spacial score (nSPS) is 22.0. The molecule has 0 bridgehead atoms. The average molecular weight is 413 g/mol. The molecule has 1 fully saturated rings. The first-order valence-corrected chi connectivity index (χ1v) is 13.5. The van der Waals surface area contributed by atoms with Crippen LogP contribution in [0.4, 0.5) is 0 Å². The topological polar surface area (TPSA) is 27.7 Å². The minimum Gasteiger partial charge on any atom is -0.392 e. The summed E-state index contributed by atoms with van der Waals surface area (Å²) in [5.41, 5.74) is 1.15. The molecule has 2 atom stereocenters. The predicted octanol–water partition coefficient (Wildman–Crippen LogP) is 6.49. The maximum atomic E-state index is 6.64. The molecule has 0 saturated carbocycles. The molecule has 4 heteroatoms. The molecule has 1 aliphatic heterocycles.